The first-order chi connectivity index (χ1) is 11.7. The van der Waals surface area contributed by atoms with Gasteiger partial charge in [-0.1, -0.05) is 32.6 Å². The second kappa shape index (κ2) is 7.20. The topological polar surface area (TPSA) is 134 Å². The molecule has 9 nitrogen and oxygen atoms in total. The molecular formula is C16H18N3O6-. The number of nitrogens with one attached hydrogen (secondary N) is 2. The molecular weight excluding hydrogens is 330 g/mol. The summed E-state index contributed by atoms with van der Waals surface area (Å²) in [7, 11) is 0. The molecule has 1 heterocycles. The van der Waals surface area contributed by atoms with Gasteiger partial charge < -0.3 is 20.5 Å². The lowest BCUT2D eigenvalue weighted by Gasteiger charge is -2.33. The number of rotatable bonds is 5. The number of nitro groups is 1. The second-order valence-corrected chi connectivity index (χ2v) is 6.09. The number of esters is 1. The summed E-state index contributed by atoms with van der Waals surface area (Å²) in [4.78, 5) is 34.3. The number of nitrogens with zero attached hydrogens (tertiary/aromatic N) is 1. The van der Waals surface area contributed by atoms with E-state index in [1.807, 2.05) is 13.8 Å². The van der Waals surface area contributed by atoms with Crippen LogP contribution in [0.3, 0.4) is 0 Å². The van der Waals surface area contributed by atoms with Gasteiger partial charge in [-0.2, -0.15) is 0 Å². The van der Waals surface area contributed by atoms with Crippen LogP contribution in [0.15, 0.2) is 30.5 Å². The molecule has 2 atom stereocenters. The summed E-state index contributed by atoms with van der Waals surface area (Å²) in [6.45, 7) is 7.60. The number of carbonyl (C=O) groups is 2. The summed E-state index contributed by atoms with van der Waals surface area (Å²) in [6, 6.07) is 1.88. The van der Waals surface area contributed by atoms with E-state index in [4.69, 9.17) is 4.74 Å². The minimum absolute atomic E-state index is 0.114. The standard InChI is InChI=1S/C16H19N3O6/c1-8(2)7-25-15(21)13-9(3)17-16(22)18-14(13)10-4-5-12(20)11(6-10)19(23)24/h4-6,8,13-14,20H,3,7H2,1-2H3,(H2,17,18,22)/p-1. The predicted octanol–water partition coefficient (Wildman–Crippen LogP) is 1.35. The molecule has 0 aliphatic carbocycles. The quantitative estimate of drug-likeness (QED) is 0.469. The molecule has 0 saturated carbocycles. The van der Waals surface area contributed by atoms with Crippen LogP contribution in [-0.4, -0.2) is 23.5 Å². The number of hydrogen-bond acceptors (Lipinski definition) is 6. The summed E-state index contributed by atoms with van der Waals surface area (Å²) >= 11 is 0. The molecule has 25 heavy (non-hydrogen) atoms. The molecule has 2 unspecified atom stereocenters. The van der Waals surface area contributed by atoms with Crippen molar-refractivity contribution in [1.29, 1.82) is 0 Å². The van der Waals surface area contributed by atoms with Crippen molar-refractivity contribution in [1.82, 2.24) is 10.6 Å². The van der Waals surface area contributed by atoms with Crippen molar-refractivity contribution in [3.63, 3.8) is 0 Å². The van der Waals surface area contributed by atoms with E-state index >= 15 is 0 Å². The van der Waals surface area contributed by atoms with Gasteiger partial charge in [0.1, 0.15) is 5.92 Å². The monoisotopic (exact) mass is 348 g/mol. The number of benzene rings is 1. The van der Waals surface area contributed by atoms with Crippen LogP contribution in [0.2, 0.25) is 0 Å². The van der Waals surface area contributed by atoms with Gasteiger partial charge >= 0.3 is 12.0 Å². The van der Waals surface area contributed by atoms with Gasteiger partial charge in [-0.25, -0.2) is 4.79 Å². The van der Waals surface area contributed by atoms with Crippen LogP contribution >= 0.6 is 0 Å². The van der Waals surface area contributed by atoms with Crippen molar-refractivity contribution in [2.24, 2.45) is 11.8 Å². The number of nitro benzene ring substituents is 1. The van der Waals surface area contributed by atoms with Gasteiger partial charge in [0.2, 0.25) is 0 Å². The van der Waals surface area contributed by atoms with Gasteiger partial charge in [-0.3, -0.25) is 14.9 Å². The van der Waals surface area contributed by atoms with Gasteiger partial charge in [-0.05, 0) is 17.2 Å². The fourth-order valence-electron chi connectivity index (χ4n) is 2.45. The van der Waals surface area contributed by atoms with Crippen molar-refractivity contribution < 1.29 is 24.4 Å². The first-order valence-corrected chi connectivity index (χ1v) is 7.59. The van der Waals surface area contributed by atoms with Gasteiger partial charge in [0.15, 0.2) is 0 Å². The zero-order chi connectivity index (χ0) is 18.7. The lowest BCUT2D eigenvalue weighted by molar-refractivity contribution is -0.398. The Bertz CT molecular complexity index is 731. The van der Waals surface area contributed by atoms with Crippen molar-refractivity contribution in [2.45, 2.75) is 19.9 Å². The third-order valence-corrected chi connectivity index (χ3v) is 3.62. The number of ether oxygens (including phenoxy) is 1. The fourth-order valence-corrected chi connectivity index (χ4v) is 2.45. The van der Waals surface area contributed by atoms with E-state index < -0.39 is 40.3 Å². The van der Waals surface area contributed by atoms with Gasteiger partial charge in [0, 0.05) is 11.8 Å². The number of hydrogen-bond donors (Lipinski definition) is 2. The predicted molar refractivity (Wildman–Crippen MR) is 85.4 cm³/mol. The first-order valence-electron chi connectivity index (χ1n) is 7.59. The highest BCUT2D eigenvalue weighted by Gasteiger charge is 2.39. The highest BCUT2D eigenvalue weighted by atomic mass is 16.6. The molecule has 134 valence electrons. The molecule has 2 amide bonds. The Labute approximate surface area is 143 Å². The van der Waals surface area contributed by atoms with Crippen LogP contribution in [0, 0.1) is 22.0 Å². The molecule has 1 saturated heterocycles. The molecule has 1 fully saturated rings. The summed E-state index contributed by atoms with van der Waals surface area (Å²) in [5, 5.41) is 27.5. The molecule has 0 bridgehead atoms. The van der Waals surface area contributed by atoms with Crippen molar-refractivity contribution in [3.05, 3.63) is 46.2 Å². The average Bonchev–Trinajstić information content (AvgIpc) is 2.52. The maximum atomic E-state index is 12.4. The number of urea groups is 1. The van der Waals surface area contributed by atoms with Crippen LogP contribution < -0.4 is 15.7 Å². The summed E-state index contributed by atoms with van der Waals surface area (Å²) in [5.74, 6) is -2.24. The van der Waals surface area contributed by atoms with Gasteiger partial charge in [0.25, 0.3) is 5.69 Å². The minimum atomic E-state index is -0.978. The molecule has 9 heteroatoms. The Hall–Kier alpha value is -3.10. The SMILES string of the molecule is C=C1NC(=O)NC(c2ccc([O-])c([N+](=O)[O-])c2)C1C(=O)OCC(C)C. The fraction of sp³-hybridized carbons (Fsp3) is 0.375. The zero-order valence-electron chi connectivity index (χ0n) is 13.8. The van der Waals surface area contributed by atoms with Crippen LogP contribution in [0.5, 0.6) is 5.75 Å². The molecule has 1 aromatic carbocycles. The van der Waals surface area contributed by atoms with Gasteiger partial charge in [0.05, 0.1) is 17.6 Å². The highest BCUT2D eigenvalue weighted by Crippen LogP contribution is 2.34. The smallest absolute Gasteiger partial charge is 0.319 e. The van der Waals surface area contributed by atoms with Crippen LogP contribution in [0.4, 0.5) is 10.5 Å². The molecule has 1 aliphatic rings. The lowest BCUT2D eigenvalue weighted by atomic mass is 9.88. The normalized spacial score (nSPS) is 20.0. The molecule has 0 radical (unpaired) electrons. The number of carbonyl (C=O) groups excluding carboxylic acids is 2. The van der Waals surface area contributed by atoms with Crippen molar-refractivity contribution in [2.75, 3.05) is 6.61 Å². The third kappa shape index (κ3) is 4.06. The maximum absolute atomic E-state index is 12.4. The van der Waals surface area contributed by atoms with Crippen LogP contribution in [-0.2, 0) is 9.53 Å². The maximum Gasteiger partial charge on any atom is 0.319 e. The Morgan fingerprint density at radius 2 is 2.12 bits per heavy atom. The van der Waals surface area contributed by atoms with E-state index in [1.54, 1.807) is 0 Å². The van der Waals surface area contributed by atoms with Crippen molar-refractivity contribution >= 4 is 17.7 Å². The summed E-state index contributed by atoms with van der Waals surface area (Å²) in [5.41, 5.74) is -0.268. The largest absolute Gasteiger partial charge is 0.868 e. The zero-order valence-corrected chi connectivity index (χ0v) is 13.8. The minimum Gasteiger partial charge on any atom is -0.868 e. The van der Waals surface area contributed by atoms with Crippen LogP contribution in [0.25, 0.3) is 0 Å². The van der Waals surface area contributed by atoms with E-state index in [9.17, 15) is 24.8 Å². The van der Waals surface area contributed by atoms with E-state index in [0.717, 1.165) is 12.1 Å². The molecule has 0 aromatic heterocycles. The Morgan fingerprint density at radius 1 is 1.44 bits per heavy atom. The number of amides is 2. The third-order valence-electron chi connectivity index (χ3n) is 3.62. The molecule has 1 aromatic rings. The van der Waals surface area contributed by atoms with E-state index in [-0.39, 0.29) is 23.8 Å². The van der Waals surface area contributed by atoms with E-state index in [2.05, 4.69) is 17.2 Å². The Morgan fingerprint density at radius 3 is 2.72 bits per heavy atom. The van der Waals surface area contributed by atoms with E-state index in [0.29, 0.717) is 0 Å². The first kappa shape index (κ1) is 18.2. The molecule has 0 spiro atoms. The molecule has 1 aliphatic heterocycles. The molecule has 2 rings (SSSR count). The Balaban J connectivity index is 2.38. The lowest BCUT2D eigenvalue weighted by Crippen LogP contribution is -2.51. The van der Waals surface area contributed by atoms with Crippen LogP contribution in [0.1, 0.15) is 25.5 Å². The Kier molecular flexibility index (Phi) is 5.26. The highest BCUT2D eigenvalue weighted by molar-refractivity contribution is 5.85. The van der Waals surface area contributed by atoms with E-state index in [1.165, 1.54) is 6.07 Å². The summed E-state index contributed by atoms with van der Waals surface area (Å²) in [6.07, 6.45) is 0. The summed E-state index contributed by atoms with van der Waals surface area (Å²) < 4.78 is 5.22. The molecule has 2 N–H and O–H groups in total. The average molecular weight is 348 g/mol. The van der Waals surface area contributed by atoms with Crippen molar-refractivity contribution in [3.8, 4) is 5.75 Å². The second-order valence-electron chi connectivity index (χ2n) is 6.09. The van der Waals surface area contributed by atoms with Gasteiger partial charge in [-0.15, -0.1) is 0 Å².